The first-order chi connectivity index (χ1) is 15.1. The van der Waals surface area contributed by atoms with Crippen molar-refractivity contribution in [1.82, 2.24) is 10.6 Å². The third kappa shape index (κ3) is 6.42. The summed E-state index contributed by atoms with van der Waals surface area (Å²) in [7, 11) is 1.74. The molecular weight excluding hydrogens is 394 g/mol. The molecule has 3 rings (SSSR count). The van der Waals surface area contributed by atoms with Crippen LogP contribution in [0.25, 0.3) is 0 Å². The Morgan fingerprint density at radius 1 is 1.16 bits per heavy atom. The van der Waals surface area contributed by atoms with Gasteiger partial charge in [0.2, 0.25) is 0 Å². The zero-order chi connectivity index (χ0) is 22.1. The van der Waals surface area contributed by atoms with Crippen molar-refractivity contribution in [3.63, 3.8) is 0 Å². The molecule has 8 nitrogen and oxygen atoms in total. The molecule has 166 valence electrons. The molecule has 0 aliphatic carbocycles. The summed E-state index contributed by atoms with van der Waals surface area (Å²) >= 11 is 0. The van der Waals surface area contributed by atoms with E-state index in [1.165, 1.54) is 17.2 Å². The highest BCUT2D eigenvalue weighted by molar-refractivity contribution is 5.79. The number of aryl methyl sites for hydroxylation is 1. The fraction of sp³-hybridized carbons (Fsp3) is 0.435. The van der Waals surface area contributed by atoms with Crippen molar-refractivity contribution in [3.05, 3.63) is 69.8 Å². The average molecular weight is 426 g/mol. The normalized spacial score (nSPS) is 19.0. The molecule has 3 N–H and O–H groups in total. The van der Waals surface area contributed by atoms with E-state index in [1.54, 1.807) is 25.2 Å². The Morgan fingerprint density at radius 2 is 1.94 bits per heavy atom. The van der Waals surface area contributed by atoms with Gasteiger partial charge in [-0.2, -0.15) is 0 Å². The van der Waals surface area contributed by atoms with Gasteiger partial charge in [0.25, 0.3) is 5.69 Å². The van der Waals surface area contributed by atoms with Gasteiger partial charge in [0.05, 0.1) is 11.0 Å². The Labute approximate surface area is 183 Å². The van der Waals surface area contributed by atoms with Gasteiger partial charge in [-0.1, -0.05) is 42.0 Å². The maximum absolute atomic E-state index is 11.1. The molecule has 8 heteroatoms. The van der Waals surface area contributed by atoms with Gasteiger partial charge in [-0.25, -0.2) is 0 Å². The van der Waals surface area contributed by atoms with Crippen molar-refractivity contribution in [2.45, 2.75) is 25.9 Å². The second-order valence-corrected chi connectivity index (χ2v) is 7.69. The van der Waals surface area contributed by atoms with Gasteiger partial charge in [-0.3, -0.25) is 15.1 Å². The number of ether oxygens (including phenoxy) is 1. The first kappa shape index (κ1) is 22.6. The molecule has 31 heavy (non-hydrogen) atoms. The Morgan fingerprint density at radius 3 is 2.68 bits per heavy atom. The van der Waals surface area contributed by atoms with Crippen LogP contribution in [0.1, 0.15) is 30.1 Å². The minimum absolute atomic E-state index is 0.0736. The second kappa shape index (κ2) is 11.3. The fourth-order valence-corrected chi connectivity index (χ4v) is 3.79. The Balaban J connectivity index is 1.47. The van der Waals surface area contributed by atoms with Crippen LogP contribution in [0.5, 0.6) is 0 Å². The third-order valence-corrected chi connectivity index (χ3v) is 5.44. The number of para-hydroxylation sites is 2. The average Bonchev–Trinajstić information content (AvgIpc) is 2.79. The Kier molecular flexibility index (Phi) is 8.23. The first-order valence-electron chi connectivity index (χ1n) is 10.7. The van der Waals surface area contributed by atoms with Crippen LogP contribution < -0.4 is 16.0 Å². The summed E-state index contributed by atoms with van der Waals surface area (Å²) in [5.74, 6) is 1.07. The van der Waals surface area contributed by atoms with E-state index in [9.17, 15) is 10.1 Å². The van der Waals surface area contributed by atoms with Gasteiger partial charge in [-0.15, -0.1) is 0 Å². The van der Waals surface area contributed by atoms with Crippen molar-refractivity contribution < 1.29 is 9.66 Å². The summed E-state index contributed by atoms with van der Waals surface area (Å²) in [4.78, 5) is 15.0. The second-order valence-electron chi connectivity index (χ2n) is 7.69. The van der Waals surface area contributed by atoms with E-state index >= 15 is 0 Å². The Bertz CT molecular complexity index is 885. The zero-order valence-electron chi connectivity index (χ0n) is 18.1. The van der Waals surface area contributed by atoms with E-state index in [2.05, 4.69) is 52.1 Å². The molecule has 2 atom stereocenters. The third-order valence-electron chi connectivity index (χ3n) is 5.44. The summed E-state index contributed by atoms with van der Waals surface area (Å²) in [5.41, 5.74) is 3.05. The lowest BCUT2D eigenvalue weighted by Gasteiger charge is -2.32. The number of aliphatic imine (C=N–C) groups is 1. The van der Waals surface area contributed by atoms with E-state index in [4.69, 9.17) is 4.74 Å². The summed E-state index contributed by atoms with van der Waals surface area (Å²) < 4.78 is 6.10. The number of guanidine groups is 1. The van der Waals surface area contributed by atoms with E-state index in [-0.39, 0.29) is 16.7 Å². The predicted octanol–water partition coefficient (Wildman–Crippen LogP) is 3.65. The van der Waals surface area contributed by atoms with Crippen LogP contribution in [0.15, 0.2) is 53.5 Å². The number of hydrogen-bond acceptors (Lipinski definition) is 5. The highest BCUT2D eigenvalue weighted by Gasteiger charge is 2.27. The summed E-state index contributed by atoms with van der Waals surface area (Å²) in [6, 6.07) is 15.2. The van der Waals surface area contributed by atoms with Gasteiger partial charge >= 0.3 is 0 Å². The monoisotopic (exact) mass is 425 g/mol. The standard InChI is InChI=1S/C23H31N5O3/c1-17-9-11-18(12-10-17)22-19(6-5-15-31-22)16-27-23(24-2)26-14-13-25-20-7-3-4-8-21(20)28(29)30/h3-4,7-12,19,22,25H,5-6,13-16H2,1-2H3,(H2,24,26,27). The maximum Gasteiger partial charge on any atom is 0.292 e. The number of nitrogens with one attached hydrogen (secondary N) is 3. The van der Waals surface area contributed by atoms with Gasteiger partial charge in [-0.05, 0) is 31.4 Å². The lowest BCUT2D eigenvalue weighted by atomic mass is 9.89. The molecular formula is C23H31N5O3. The number of benzene rings is 2. The van der Waals surface area contributed by atoms with Crippen molar-refractivity contribution >= 4 is 17.3 Å². The molecule has 0 saturated carbocycles. The lowest BCUT2D eigenvalue weighted by molar-refractivity contribution is -0.384. The van der Waals surface area contributed by atoms with Crippen LogP contribution in [0.2, 0.25) is 0 Å². The van der Waals surface area contributed by atoms with E-state index in [0.29, 0.717) is 30.7 Å². The summed E-state index contributed by atoms with van der Waals surface area (Å²) in [5, 5.41) is 20.9. The molecule has 1 saturated heterocycles. The SMILES string of the molecule is CN=C(NCCNc1ccccc1[N+](=O)[O-])NCC1CCCOC1c1ccc(C)cc1. The highest BCUT2D eigenvalue weighted by Crippen LogP contribution is 2.33. The summed E-state index contributed by atoms with van der Waals surface area (Å²) in [6.45, 7) is 4.75. The summed E-state index contributed by atoms with van der Waals surface area (Å²) in [6.07, 6.45) is 2.24. The number of nitro benzene ring substituents is 1. The van der Waals surface area contributed by atoms with Crippen molar-refractivity contribution in [2.75, 3.05) is 38.6 Å². The smallest absolute Gasteiger partial charge is 0.292 e. The molecule has 1 heterocycles. The number of nitrogens with zero attached hydrogens (tertiary/aromatic N) is 2. The van der Waals surface area contributed by atoms with Crippen LogP contribution in [0, 0.1) is 23.0 Å². The Hall–Kier alpha value is -3.13. The minimum atomic E-state index is -0.382. The molecule has 0 radical (unpaired) electrons. The van der Waals surface area contributed by atoms with Gasteiger partial charge < -0.3 is 20.7 Å². The van der Waals surface area contributed by atoms with Crippen LogP contribution >= 0.6 is 0 Å². The van der Waals surface area contributed by atoms with Crippen molar-refractivity contribution in [1.29, 1.82) is 0 Å². The molecule has 0 aromatic heterocycles. The van der Waals surface area contributed by atoms with Gasteiger partial charge in [0.1, 0.15) is 5.69 Å². The molecule has 2 aromatic rings. The van der Waals surface area contributed by atoms with Crippen LogP contribution in [0.3, 0.4) is 0 Å². The molecule has 2 aromatic carbocycles. The number of hydrogen-bond donors (Lipinski definition) is 3. The van der Waals surface area contributed by atoms with Crippen LogP contribution in [-0.2, 0) is 4.74 Å². The molecule has 1 fully saturated rings. The van der Waals surface area contributed by atoms with E-state index in [0.717, 1.165) is 26.0 Å². The van der Waals surface area contributed by atoms with Crippen molar-refractivity contribution in [3.8, 4) is 0 Å². The van der Waals surface area contributed by atoms with Gasteiger partial charge in [0, 0.05) is 45.3 Å². The number of anilines is 1. The number of nitro groups is 1. The van der Waals surface area contributed by atoms with Crippen LogP contribution in [-0.4, -0.2) is 44.2 Å². The number of rotatable bonds is 8. The zero-order valence-corrected chi connectivity index (χ0v) is 18.1. The molecule has 0 amide bonds. The van der Waals surface area contributed by atoms with E-state index in [1.807, 2.05) is 0 Å². The fourth-order valence-electron chi connectivity index (χ4n) is 3.79. The molecule has 0 bridgehead atoms. The van der Waals surface area contributed by atoms with Gasteiger partial charge in [0.15, 0.2) is 5.96 Å². The maximum atomic E-state index is 11.1. The molecule has 0 spiro atoms. The largest absolute Gasteiger partial charge is 0.378 e. The quantitative estimate of drug-likeness (QED) is 0.196. The predicted molar refractivity (Wildman–Crippen MR) is 124 cm³/mol. The topological polar surface area (TPSA) is 101 Å². The molecule has 2 unspecified atom stereocenters. The van der Waals surface area contributed by atoms with Crippen molar-refractivity contribution in [2.24, 2.45) is 10.9 Å². The highest BCUT2D eigenvalue weighted by atomic mass is 16.6. The molecule has 1 aliphatic rings. The van der Waals surface area contributed by atoms with E-state index < -0.39 is 0 Å². The van der Waals surface area contributed by atoms with Crippen LogP contribution in [0.4, 0.5) is 11.4 Å². The molecule has 1 aliphatic heterocycles. The minimum Gasteiger partial charge on any atom is -0.378 e. The lowest BCUT2D eigenvalue weighted by Crippen LogP contribution is -2.43. The first-order valence-corrected chi connectivity index (χ1v) is 10.7.